The van der Waals surface area contributed by atoms with E-state index in [1.165, 1.54) is 4.88 Å². The highest BCUT2D eigenvalue weighted by Crippen LogP contribution is 2.17. The Bertz CT molecular complexity index is 873. The Morgan fingerprint density at radius 3 is 2.32 bits per heavy atom. The van der Waals surface area contributed by atoms with E-state index in [9.17, 15) is 9.59 Å². The molecule has 0 aliphatic heterocycles. The van der Waals surface area contributed by atoms with Gasteiger partial charge >= 0.3 is 0 Å². The zero-order chi connectivity index (χ0) is 17.6. The summed E-state index contributed by atoms with van der Waals surface area (Å²) in [5.74, 6) is -0.380. The number of thiophene rings is 1. The summed E-state index contributed by atoms with van der Waals surface area (Å²) in [7, 11) is 0. The molecule has 3 rings (SSSR count). The van der Waals surface area contributed by atoms with Crippen LogP contribution in [-0.2, 0) is 6.42 Å². The van der Waals surface area contributed by atoms with Gasteiger partial charge in [-0.15, -0.1) is 11.3 Å². The lowest BCUT2D eigenvalue weighted by Crippen LogP contribution is -2.27. The van der Waals surface area contributed by atoms with Crippen molar-refractivity contribution >= 4 is 39.0 Å². The number of hydrogen-bond donors (Lipinski definition) is 1. The molecular formula is C20H16BrNO2S. The highest BCUT2D eigenvalue weighted by Gasteiger charge is 2.17. The molecule has 0 saturated heterocycles. The summed E-state index contributed by atoms with van der Waals surface area (Å²) >= 11 is 5.03. The second-order valence-corrected chi connectivity index (χ2v) is 7.41. The Morgan fingerprint density at radius 1 is 0.920 bits per heavy atom. The maximum absolute atomic E-state index is 12.7. The Kier molecular flexibility index (Phi) is 5.79. The molecule has 0 unspecified atom stereocenters. The molecular weight excluding hydrogens is 398 g/mol. The molecule has 0 saturated carbocycles. The molecule has 0 spiro atoms. The van der Waals surface area contributed by atoms with Gasteiger partial charge in [0.2, 0.25) is 0 Å². The Morgan fingerprint density at radius 2 is 1.64 bits per heavy atom. The third kappa shape index (κ3) is 4.44. The fraction of sp³-hybridized carbons (Fsp3) is 0.100. The van der Waals surface area contributed by atoms with E-state index in [2.05, 4.69) is 21.2 Å². The van der Waals surface area contributed by atoms with Crippen molar-refractivity contribution in [3.8, 4) is 0 Å². The molecule has 1 N–H and O–H groups in total. The minimum atomic E-state index is -0.224. The van der Waals surface area contributed by atoms with E-state index in [1.807, 2.05) is 29.6 Å². The first-order valence-corrected chi connectivity index (χ1v) is 9.52. The smallest absolute Gasteiger partial charge is 0.252 e. The molecule has 1 aromatic heterocycles. The third-order valence-electron chi connectivity index (χ3n) is 3.76. The van der Waals surface area contributed by atoms with Crippen LogP contribution in [0.4, 0.5) is 0 Å². The molecule has 2 aromatic carbocycles. The first-order chi connectivity index (χ1) is 12.1. The van der Waals surface area contributed by atoms with Gasteiger partial charge in [-0.25, -0.2) is 0 Å². The van der Waals surface area contributed by atoms with E-state index in [-0.39, 0.29) is 11.7 Å². The zero-order valence-electron chi connectivity index (χ0n) is 13.4. The number of ketones is 1. The number of carbonyl (C=O) groups is 2. The molecule has 5 heteroatoms. The highest BCUT2D eigenvalue weighted by molar-refractivity contribution is 9.10. The first kappa shape index (κ1) is 17.6. The van der Waals surface area contributed by atoms with Crippen LogP contribution in [0.5, 0.6) is 0 Å². The van der Waals surface area contributed by atoms with Crippen molar-refractivity contribution in [1.29, 1.82) is 0 Å². The number of rotatable bonds is 6. The fourth-order valence-electron chi connectivity index (χ4n) is 2.49. The van der Waals surface area contributed by atoms with E-state index >= 15 is 0 Å². The van der Waals surface area contributed by atoms with Gasteiger partial charge in [-0.2, -0.15) is 0 Å². The standard InChI is InChI=1S/C20H16BrNO2S/c21-15-9-7-14(8-10-15)19(23)17-5-1-2-6-18(17)20(24)22-12-11-16-4-3-13-25-16/h1-10,13H,11-12H2,(H,22,24). The summed E-state index contributed by atoms with van der Waals surface area (Å²) in [6.45, 7) is 0.542. The summed E-state index contributed by atoms with van der Waals surface area (Å²) in [6.07, 6.45) is 0.784. The minimum absolute atomic E-state index is 0.156. The molecule has 25 heavy (non-hydrogen) atoms. The van der Waals surface area contributed by atoms with E-state index in [1.54, 1.807) is 47.7 Å². The zero-order valence-corrected chi connectivity index (χ0v) is 15.8. The summed E-state index contributed by atoms with van der Waals surface area (Å²) in [6, 6.07) is 18.1. The quantitative estimate of drug-likeness (QED) is 0.594. The Balaban J connectivity index is 1.74. The molecule has 0 atom stereocenters. The fourth-order valence-corrected chi connectivity index (χ4v) is 3.46. The summed E-state index contributed by atoms with van der Waals surface area (Å²) in [4.78, 5) is 26.5. The number of benzene rings is 2. The van der Waals surface area contributed by atoms with Crippen LogP contribution in [0.25, 0.3) is 0 Å². The number of halogens is 1. The Hall–Kier alpha value is -2.24. The van der Waals surface area contributed by atoms with Gasteiger partial charge in [0.1, 0.15) is 0 Å². The van der Waals surface area contributed by atoms with Crippen LogP contribution >= 0.6 is 27.3 Å². The molecule has 126 valence electrons. The molecule has 1 heterocycles. The second kappa shape index (κ2) is 8.23. The highest BCUT2D eigenvalue weighted by atomic mass is 79.9. The van der Waals surface area contributed by atoms with Gasteiger partial charge in [-0.05, 0) is 48.2 Å². The number of carbonyl (C=O) groups excluding carboxylic acids is 2. The predicted molar refractivity (Wildman–Crippen MR) is 104 cm³/mol. The lowest BCUT2D eigenvalue weighted by Gasteiger charge is -2.09. The molecule has 0 fully saturated rings. The van der Waals surface area contributed by atoms with Crippen LogP contribution < -0.4 is 5.32 Å². The van der Waals surface area contributed by atoms with Crippen LogP contribution in [0.2, 0.25) is 0 Å². The van der Waals surface area contributed by atoms with Gasteiger partial charge in [-0.3, -0.25) is 9.59 Å². The van der Waals surface area contributed by atoms with Crippen LogP contribution in [0.3, 0.4) is 0 Å². The largest absolute Gasteiger partial charge is 0.352 e. The lowest BCUT2D eigenvalue weighted by molar-refractivity contribution is 0.0942. The maximum Gasteiger partial charge on any atom is 0.252 e. The summed E-state index contributed by atoms with van der Waals surface area (Å²) in [5.41, 5.74) is 1.38. The number of hydrogen-bond acceptors (Lipinski definition) is 3. The minimum Gasteiger partial charge on any atom is -0.352 e. The molecule has 0 aliphatic carbocycles. The maximum atomic E-state index is 12.7. The third-order valence-corrected chi connectivity index (χ3v) is 5.22. The second-order valence-electron chi connectivity index (χ2n) is 5.47. The van der Waals surface area contributed by atoms with E-state index < -0.39 is 0 Å². The van der Waals surface area contributed by atoms with Crippen molar-refractivity contribution < 1.29 is 9.59 Å². The van der Waals surface area contributed by atoms with Crippen LogP contribution in [0.15, 0.2) is 70.5 Å². The van der Waals surface area contributed by atoms with Crippen molar-refractivity contribution in [2.75, 3.05) is 6.54 Å². The van der Waals surface area contributed by atoms with Crippen molar-refractivity contribution in [3.05, 3.63) is 92.1 Å². The SMILES string of the molecule is O=C(NCCc1cccs1)c1ccccc1C(=O)c1ccc(Br)cc1. The van der Waals surface area contributed by atoms with Gasteiger partial charge < -0.3 is 5.32 Å². The van der Waals surface area contributed by atoms with E-state index in [0.717, 1.165) is 10.9 Å². The molecule has 1 amide bonds. The molecule has 3 aromatic rings. The monoisotopic (exact) mass is 413 g/mol. The number of amides is 1. The first-order valence-electron chi connectivity index (χ1n) is 7.85. The van der Waals surface area contributed by atoms with Gasteiger partial charge in [0.25, 0.3) is 5.91 Å². The lowest BCUT2D eigenvalue weighted by atomic mass is 9.98. The van der Waals surface area contributed by atoms with Gasteiger partial charge in [0, 0.05) is 27.0 Å². The van der Waals surface area contributed by atoms with Crippen LogP contribution in [0, 0.1) is 0 Å². The molecule has 0 aliphatic rings. The average molecular weight is 414 g/mol. The summed E-state index contributed by atoms with van der Waals surface area (Å²) in [5, 5.41) is 4.92. The van der Waals surface area contributed by atoms with Gasteiger partial charge in [0.15, 0.2) is 5.78 Å². The van der Waals surface area contributed by atoms with Gasteiger partial charge in [-0.1, -0.05) is 40.2 Å². The van der Waals surface area contributed by atoms with Crippen molar-refractivity contribution in [3.63, 3.8) is 0 Å². The molecule has 0 bridgehead atoms. The topological polar surface area (TPSA) is 46.2 Å². The Labute approximate surface area is 158 Å². The van der Waals surface area contributed by atoms with E-state index in [4.69, 9.17) is 0 Å². The van der Waals surface area contributed by atoms with E-state index in [0.29, 0.717) is 23.2 Å². The van der Waals surface area contributed by atoms with Crippen LogP contribution in [0.1, 0.15) is 31.2 Å². The summed E-state index contributed by atoms with van der Waals surface area (Å²) < 4.78 is 0.906. The predicted octanol–water partition coefficient (Wildman–Crippen LogP) is 4.71. The molecule has 0 radical (unpaired) electrons. The van der Waals surface area contributed by atoms with Crippen molar-refractivity contribution in [2.24, 2.45) is 0 Å². The average Bonchev–Trinajstić information content (AvgIpc) is 3.15. The number of nitrogens with one attached hydrogen (secondary N) is 1. The molecule has 3 nitrogen and oxygen atoms in total. The van der Waals surface area contributed by atoms with Crippen molar-refractivity contribution in [2.45, 2.75) is 6.42 Å². The van der Waals surface area contributed by atoms with Gasteiger partial charge in [0.05, 0.1) is 5.56 Å². The normalized spacial score (nSPS) is 10.4. The van der Waals surface area contributed by atoms with Crippen molar-refractivity contribution in [1.82, 2.24) is 5.32 Å². The van der Waals surface area contributed by atoms with Crippen LogP contribution in [-0.4, -0.2) is 18.2 Å².